The topological polar surface area (TPSA) is 41.5 Å². The van der Waals surface area contributed by atoms with Crippen LogP contribution in [0.4, 0.5) is 14.5 Å². The molecule has 0 fully saturated rings. The number of aliphatic hydroxyl groups excluding tert-OH is 1. The highest BCUT2D eigenvalue weighted by atomic mass is 79.9. The van der Waals surface area contributed by atoms with Gasteiger partial charge >= 0.3 is 0 Å². The summed E-state index contributed by atoms with van der Waals surface area (Å²) in [4.78, 5) is 0. The molecule has 0 amide bonds. The predicted octanol–water partition coefficient (Wildman–Crippen LogP) is 3.88. The summed E-state index contributed by atoms with van der Waals surface area (Å²) >= 11 is 3.35. The van der Waals surface area contributed by atoms with Crippen molar-refractivity contribution in [3.63, 3.8) is 0 Å². The molecule has 0 aliphatic heterocycles. The van der Waals surface area contributed by atoms with Gasteiger partial charge in [-0.2, -0.15) is 0 Å². The van der Waals surface area contributed by atoms with Crippen molar-refractivity contribution < 1.29 is 18.6 Å². The Morgan fingerprint density at radius 1 is 1.19 bits per heavy atom. The Labute approximate surface area is 129 Å². The SMILES string of the molecule is COc1cc(Br)cc(NCC(O)c2ccc(F)c(F)c2)c1. The molecule has 0 aromatic heterocycles. The molecule has 3 nitrogen and oxygen atoms in total. The molecule has 112 valence electrons. The van der Waals surface area contributed by atoms with E-state index in [4.69, 9.17) is 4.74 Å². The maximum atomic E-state index is 13.1. The van der Waals surface area contributed by atoms with E-state index < -0.39 is 17.7 Å². The maximum Gasteiger partial charge on any atom is 0.159 e. The first-order valence-corrected chi connectivity index (χ1v) is 7.00. The summed E-state index contributed by atoms with van der Waals surface area (Å²) in [5.41, 5.74) is 1.05. The fourth-order valence-electron chi connectivity index (χ4n) is 1.83. The number of nitrogens with one attached hydrogen (secondary N) is 1. The molecule has 1 unspecified atom stereocenters. The zero-order valence-electron chi connectivity index (χ0n) is 11.2. The van der Waals surface area contributed by atoms with Crippen LogP contribution in [0.25, 0.3) is 0 Å². The van der Waals surface area contributed by atoms with Crippen LogP contribution in [0.1, 0.15) is 11.7 Å². The lowest BCUT2D eigenvalue weighted by atomic mass is 10.1. The van der Waals surface area contributed by atoms with Crippen LogP contribution in [0.3, 0.4) is 0 Å². The molecule has 0 spiro atoms. The van der Waals surface area contributed by atoms with Crippen molar-refractivity contribution in [3.8, 4) is 5.75 Å². The van der Waals surface area contributed by atoms with Gasteiger partial charge in [-0.1, -0.05) is 22.0 Å². The predicted molar refractivity (Wildman–Crippen MR) is 80.5 cm³/mol. The van der Waals surface area contributed by atoms with Gasteiger partial charge in [0.15, 0.2) is 11.6 Å². The Kier molecular flexibility index (Phi) is 5.14. The minimum absolute atomic E-state index is 0.157. The van der Waals surface area contributed by atoms with Gasteiger partial charge in [0, 0.05) is 22.8 Å². The number of anilines is 1. The number of ether oxygens (including phenoxy) is 1. The third kappa shape index (κ3) is 4.15. The third-order valence-electron chi connectivity index (χ3n) is 2.93. The normalized spacial score (nSPS) is 12.0. The smallest absolute Gasteiger partial charge is 0.159 e. The largest absolute Gasteiger partial charge is 0.497 e. The van der Waals surface area contributed by atoms with E-state index in [9.17, 15) is 13.9 Å². The molecule has 0 radical (unpaired) electrons. The van der Waals surface area contributed by atoms with E-state index in [1.165, 1.54) is 6.07 Å². The van der Waals surface area contributed by atoms with Gasteiger partial charge < -0.3 is 15.2 Å². The molecule has 6 heteroatoms. The number of aliphatic hydroxyl groups is 1. The lowest BCUT2D eigenvalue weighted by Gasteiger charge is -2.14. The Balaban J connectivity index is 2.05. The highest BCUT2D eigenvalue weighted by Crippen LogP contribution is 2.25. The van der Waals surface area contributed by atoms with Gasteiger partial charge in [-0.3, -0.25) is 0 Å². The van der Waals surface area contributed by atoms with Gasteiger partial charge in [-0.15, -0.1) is 0 Å². The van der Waals surface area contributed by atoms with E-state index >= 15 is 0 Å². The van der Waals surface area contributed by atoms with E-state index in [1.54, 1.807) is 19.2 Å². The second kappa shape index (κ2) is 6.87. The number of halogens is 3. The highest BCUT2D eigenvalue weighted by Gasteiger charge is 2.11. The first kappa shape index (κ1) is 15.7. The van der Waals surface area contributed by atoms with Crippen molar-refractivity contribution in [2.45, 2.75) is 6.10 Å². The summed E-state index contributed by atoms with van der Waals surface area (Å²) in [5.74, 6) is -1.25. The Hall–Kier alpha value is -1.66. The lowest BCUT2D eigenvalue weighted by Crippen LogP contribution is -2.12. The van der Waals surface area contributed by atoms with Gasteiger partial charge in [-0.25, -0.2) is 8.78 Å². The van der Waals surface area contributed by atoms with Crippen molar-refractivity contribution in [1.29, 1.82) is 0 Å². The standard InChI is InChI=1S/C15H14BrF2NO2/c1-21-12-6-10(16)5-11(7-12)19-8-15(20)9-2-3-13(17)14(18)4-9/h2-7,15,19-20H,8H2,1H3. The molecule has 0 aliphatic rings. The summed E-state index contributed by atoms with van der Waals surface area (Å²) in [6.07, 6.45) is -0.954. The van der Waals surface area contributed by atoms with Crippen LogP contribution in [0.5, 0.6) is 5.75 Å². The molecule has 2 aromatic rings. The number of methoxy groups -OCH3 is 1. The molecular formula is C15H14BrF2NO2. The zero-order chi connectivity index (χ0) is 15.4. The number of hydrogen-bond acceptors (Lipinski definition) is 3. The van der Waals surface area contributed by atoms with Crippen LogP contribution < -0.4 is 10.1 Å². The summed E-state index contributed by atoms with van der Waals surface area (Å²) in [5, 5.41) is 13.0. The van der Waals surface area contributed by atoms with E-state index in [0.717, 1.165) is 22.3 Å². The van der Waals surface area contributed by atoms with E-state index in [-0.39, 0.29) is 6.54 Å². The Morgan fingerprint density at radius 2 is 1.95 bits per heavy atom. The zero-order valence-corrected chi connectivity index (χ0v) is 12.8. The minimum Gasteiger partial charge on any atom is -0.497 e. The first-order chi connectivity index (χ1) is 9.99. The quantitative estimate of drug-likeness (QED) is 0.853. The molecule has 0 saturated carbocycles. The fourth-order valence-corrected chi connectivity index (χ4v) is 2.31. The van der Waals surface area contributed by atoms with Crippen molar-refractivity contribution in [3.05, 3.63) is 58.1 Å². The summed E-state index contributed by atoms with van der Waals surface area (Å²) in [6, 6.07) is 8.73. The van der Waals surface area contributed by atoms with Crippen molar-refractivity contribution in [1.82, 2.24) is 0 Å². The van der Waals surface area contributed by atoms with Gasteiger partial charge in [0.25, 0.3) is 0 Å². The van der Waals surface area contributed by atoms with Crippen LogP contribution >= 0.6 is 15.9 Å². The van der Waals surface area contributed by atoms with Crippen LogP contribution in [-0.4, -0.2) is 18.8 Å². The van der Waals surface area contributed by atoms with Crippen LogP contribution in [0, 0.1) is 11.6 Å². The molecular weight excluding hydrogens is 344 g/mol. The molecule has 1 atom stereocenters. The molecule has 0 aliphatic carbocycles. The molecule has 21 heavy (non-hydrogen) atoms. The van der Waals surface area contributed by atoms with Crippen LogP contribution in [0.2, 0.25) is 0 Å². The maximum absolute atomic E-state index is 13.1. The Bertz CT molecular complexity index is 637. The van der Waals surface area contributed by atoms with Crippen LogP contribution in [0.15, 0.2) is 40.9 Å². The average Bonchev–Trinajstić information content (AvgIpc) is 2.47. The molecule has 0 saturated heterocycles. The minimum atomic E-state index is -0.976. The number of benzene rings is 2. The van der Waals surface area contributed by atoms with Gasteiger partial charge in [0.2, 0.25) is 0 Å². The summed E-state index contributed by atoms with van der Waals surface area (Å²) in [6.45, 7) is 0.157. The third-order valence-corrected chi connectivity index (χ3v) is 3.39. The number of rotatable bonds is 5. The van der Waals surface area contributed by atoms with E-state index in [0.29, 0.717) is 11.3 Å². The van der Waals surface area contributed by atoms with Crippen molar-refractivity contribution in [2.75, 3.05) is 19.0 Å². The molecule has 2 aromatic carbocycles. The van der Waals surface area contributed by atoms with E-state index in [2.05, 4.69) is 21.2 Å². The molecule has 0 heterocycles. The van der Waals surface area contributed by atoms with Crippen molar-refractivity contribution >= 4 is 21.6 Å². The Morgan fingerprint density at radius 3 is 2.62 bits per heavy atom. The van der Waals surface area contributed by atoms with E-state index in [1.807, 2.05) is 6.07 Å². The van der Waals surface area contributed by atoms with Gasteiger partial charge in [0.1, 0.15) is 5.75 Å². The van der Waals surface area contributed by atoms with Crippen LogP contribution in [-0.2, 0) is 0 Å². The highest BCUT2D eigenvalue weighted by molar-refractivity contribution is 9.10. The lowest BCUT2D eigenvalue weighted by molar-refractivity contribution is 0.191. The molecule has 2 rings (SSSR count). The average molecular weight is 358 g/mol. The van der Waals surface area contributed by atoms with Gasteiger partial charge in [-0.05, 0) is 29.8 Å². The van der Waals surface area contributed by atoms with Gasteiger partial charge in [0.05, 0.1) is 13.2 Å². The second-order valence-corrected chi connectivity index (χ2v) is 5.37. The monoisotopic (exact) mass is 357 g/mol. The number of hydrogen-bond donors (Lipinski definition) is 2. The fraction of sp³-hybridized carbons (Fsp3) is 0.200. The second-order valence-electron chi connectivity index (χ2n) is 4.45. The van der Waals surface area contributed by atoms with Crippen molar-refractivity contribution in [2.24, 2.45) is 0 Å². The molecule has 2 N–H and O–H groups in total. The summed E-state index contributed by atoms with van der Waals surface area (Å²) in [7, 11) is 1.56. The first-order valence-electron chi connectivity index (χ1n) is 6.21. The summed E-state index contributed by atoms with van der Waals surface area (Å²) < 4.78 is 31.9. The molecule has 0 bridgehead atoms.